The zero-order valence-corrected chi connectivity index (χ0v) is 12.4. The van der Waals surface area contributed by atoms with E-state index in [9.17, 15) is 9.59 Å². The van der Waals surface area contributed by atoms with Crippen LogP contribution in [0, 0.1) is 0 Å². The minimum atomic E-state index is -0.825. The van der Waals surface area contributed by atoms with Crippen LogP contribution in [-0.4, -0.2) is 38.9 Å². The Morgan fingerprint density at radius 3 is 2.35 bits per heavy atom. The zero-order chi connectivity index (χ0) is 15.1. The van der Waals surface area contributed by atoms with E-state index >= 15 is 0 Å². The summed E-state index contributed by atoms with van der Waals surface area (Å²) < 4.78 is 9.75. The second-order valence-corrected chi connectivity index (χ2v) is 4.51. The number of halogens is 2. The summed E-state index contributed by atoms with van der Waals surface area (Å²) in [5, 5.41) is 5.40. The van der Waals surface area contributed by atoms with Gasteiger partial charge in [-0.25, -0.2) is 0 Å². The van der Waals surface area contributed by atoms with Gasteiger partial charge in [-0.3, -0.25) is 9.59 Å². The van der Waals surface area contributed by atoms with Crippen LogP contribution in [0.1, 0.15) is 0 Å². The minimum Gasteiger partial charge on any atom is -0.354 e. The van der Waals surface area contributed by atoms with E-state index in [0.717, 1.165) is 0 Å². The second-order valence-electron chi connectivity index (χ2n) is 3.69. The highest BCUT2D eigenvalue weighted by atomic mass is 35.5. The van der Waals surface area contributed by atoms with E-state index in [0.29, 0.717) is 10.7 Å². The molecule has 0 saturated carbocycles. The normalized spacial score (nSPS) is 10.4. The van der Waals surface area contributed by atoms with Crippen LogP contribution in [-0.2, 0) is 19.1 Å². The van der Waals surface area contributed by atoms with E-state index in [4.69, 9.17) is 32.7 Å². The number of amides is 2. The summed E-state index contributed by atoms with van der Waals surface area (Å²) in [6.45, 7) is 0.0562. The molecule has 0 aromatic heterocycles. The lowest BCUT2D eigenvalue weighted by Crippen LogP contribution is -2.40. The first-order chi connectivity index (χ1) is 9.47. The number of carbonyl (C=O) groups is 2. The molecule has 0 atom stereocenters. The molecule has 1 aromatic rings. The van der Waals surface area contributed by atoms with Gasteiger partial charge < -0.3 is 20.1 Å². The topological polar surface area (TPSA) is 76.7 Å². The van der Waals surface area contributed by atoms with Gasteiger partial charge in [0.15, 0.2) is 6.29 Å². The summed E-state index contributed by atoms with van der Waals surface area (Å²) in [6, 6.07) is 4.50. The Balaban J connectivity index is 2.53. The third-order valence-electron chi connectivity index (χ3n) is 2.34. The van der Waals surface area contributed by atoms with Crippen LogP contribution in [0.2, 0.25) is 10.0 Å². The van der Waals surface area contributed by atoms with Crippen molar-refractivity contribution in [1.82, 2.24) is 5.32 Å². The first kappa shape index (κ1) is 16.7. The van der Waals surface area contributed by atoms with Crippen LogP contribution in [0.4, 0.5) is 5.69 Å². The molecular formula is C12H14Cl2N2O4. The van der Waals surface area contributed by atoms with Crippen molar-refractivity contribution in [3.8, 4) is 0 Å². The van der Waals surface area contributed by atoms with Crippen molar-refractivity contribution in [1.29, 1.82) is 0 Å². The molecule has 0 heterocycles. The smallest absolute Gasteiger partial charge is 0.313 e. The van der Waals surface area contributed by atoms with Crippen LogP contribution >= 0.6 is 23.2 Å². The summed E-state index contributed by atoms with van der Waals surface area (Å²) in [5.74, 6) is -1.63. The lowest BCUT2D eigenvalue weighted by atomic mass is 10.3. The number of benzene rings is 1. The van der Waals surface area contributed by atoms with Gasteiger partial charge in [-0.1, -0.05) is 23.2 Å². The van der Waals surface area contributed by atoms with Crippen molar-refractivity contribution >= 4 is 40.7 Å². The Morgan fingerprint density at radius 1 is 1.15 bits per heavy atom. The van der Waals surface area contributed by atoms with E-state index in [2.05, 4.69) is 10.6 Å². The highest BCUT2D eigenvalue weighted by Gasteiger charge is 2.16. The van der Waals surface area contributed by atoms with Crippen molar-refractivity contribution in [3.63, 3.8) is 0 Å². The van der Waals surface area contributed by atoms with Crippen LogP contribution in [0.25, 0.3) is 0 Å². The number of nitrogens with one attached hydrogen (secondary N) is 2. The van der Waals surface area contributed by atoms with Crippen LogP contribution in [0.5, 0.6) is 0 Å². The third-order valence-corrected chi connectivity index (χ3v) is 3.08. The summed E-state index contributed by atoms with van der Waals surface area (Å²) >= 11 is 11.5. The zero-order valence-electron chi connectivity index (χ0n) is 10.9. The molecule has 0 radical (unpaired) electrons. The van der Waals surface area contributed by atoms with Gasteiger partial charge in [-0.2, -0.15) is 0 Å². The SMILES string of the molecule is COC(CNC(=O)C(=O)Nc1ccc(Cl)c(Cl)c1)OC. The molecule has 0 saturated heterocycles. The van der Waals surface area contributed by atoms with E-state index in [-0.39, 0.29) is 11.6 Å². The van der Waals surface area contributed by atoms with Crippen LogP contribution in [0.15, 0.2) is 18.2 Å². The minimum absolute atomic E-state index is 0.0562. The summed E-state index contributed by atoms with van der Waals surface area (Å²) in [5.41, 5.74) is 0.370. The Hall–Kier alpha value is -1.34. The number of methoxy groups -OCH3 is 2. The Morgan fingerprint density at radius 2 is 1.80 bits per heavy atom. The molecule has 0 bridgehead atoms. The lowest BCUT2D eigenvalue weighted by molar-refractivity contribution is -0.139. The van der Waals surface area contributed by atoms with Crippen molar-refractivity contribution < 1.29 is 19.1 Å². The van der Waals surface area contributed by atoms with Crippen molar-refractivity contribution in [2.75, 3.05) is 26.1 Å². The molecule has 110 valence electrons. The number of hydrogen-bond donors (Lipinski definition) is 2. The average molecular weight is 321 g/mol. The number of hydrogen-bond acceptors (Lipinski definition) is 4. The Labute approximate surface area is 126 Å². The predicted octanol–water partition coefficient (Wildman–Crippen LogP) is 1.67. The molecule has 6 nitrogen and oxygen atoms in total. The quantitative estimate of drug-likeness (QED) is 0.639. The number of carbonyl (C=O) groups excluding carboxylic acids is 2. The Bertz CT molecular complexity index is 492. The molecule has 20 heavy (non-hydrogen) atoms. The van der Waals surface area contributed by atoms with Gasteiger partial charge in [0.2, 0.25) is 0 Å². The molecule has 0 aliphatic rings. The monoisotopic (exact) mass is 320 g/mol. The highest BCUT2D eigenvalue weighted by Crippen LogP contribution is 2.24. The maximum atomic E-state index is 11.6. The van der Waals surface area contributed by atoms with Crippen LogP contribution < -0.4 is 10.6 Å². The van der Waals surface area contributed by atoms with Crippen molar-refractivity contribution in [2.24, 2.45) is 0 Å². The van der Waals surface area contributed by atoms with Gasteiger partial charge in [-0.05, 0) is 18.2 Å². The first-order valence-corrected chi connectivity index (χ1v) is 6.33. The van der Waals surface area contributed by atoms with Gasteiger partial charge >= 0.3 is 11.8 Å². The lowest BCUT2D eigenvalue weighted by Gasteiger charge is -2.13. The maximum Gasteiger partial charge on any atom is 0.313 e. The molecular weight excluding hydrogens is 307 g/mol. The van der Waals surface area contributed by atoms with E-state index in [1.54, 1.807) is 0 Å². The van der Waals surface area contributed by atoms with Crippen molar-refractivity contribution in [3.05, 3.63) is 28.2 Å². The fraction of sp³-hybridized carbons (Fsp3) is 0.333. The summed E-state index contributed by atoms with van der Waals surface area (Å²) in [6.07, 6.45) is -0.614. The molecule has 0 fully saturated rings. The van der Waals surface area contributed by atoms with E-state index in [1.165, 1.54) is 32.4 Å². The number of rotatable bonds is 5. The fourth-order valence-corrected chi connectivity index (χ4v) is 1.58. The van der Waals surface area contributed by atoms with Crippen LogP contribution in [0.3, 0.4) is 0 Å². The second kappa shape index (κ2) is 8.06. The molecule has 0 unspecified atom stereocenters. The van der Waals surface area contributed by atoms with Gasteiger partial charge in [-0.15, -0.1) is 0 Å². The number of ether oxygens (including phenoxy) is 2. The molecule has 2 N–H and O–H groups in total. The Kier molecular flexibility index (Phi) is 6.74. The molecule has 0 aliphatic carbocycles. The van der Waals surface area contributed by atoms with E-state index in [1.807, 2.05) is 0 Å². The number of anilines is 1. The third kappa shape index (κ3) is 4.97. The summed E-state index contributed by atoms with van der Waals surface area (Å²) in [7, 11) is 2.85. The van der Waals surface area contributed by atoms with Gasteiger partial charge in [0.1, 0.15) is 0 Å². The average Bonchev–Trinajstić information content (AvgIpc) is 2.43. The van der Waals surface area contributed by atoms with Crippen molar-refractivity contribution in [2.45, 2.75) is 6.29 Å². The predicted molar refractivity (Wildman–Crippen MR) is 75.9 cm³/mol. The van der Waals surface area contributed by atoms with Gasteiger partial charge in [0, 0.05) is 19.9 Å². The fourth-order valence-electron chi connectivity index (χ4n) is 1.28. The largest absolute Gasteiger partial charge is 0.354 e. The van der Waals surface area contributed by atoms with E-state index < -0.39 is 18.1 Å². The molecule has 8 heteroatoms. The molecule has 2 amide bonds. The maximum absolute atomic E-state index is 11.6. The highest BCUT2D eigenvalue weighted by molar-refractivity contribution is 6.42. The molecule has 0 spiro atoms. The standard InChI is InChI=1S/C12H14Cl2N2O4/c1-19-10(20-2)6-15-11(17)12(18)16-7-3-4-8(13)9(14)5-7/h3-5,10H,6H2,1-2H3,(H,15,17)(H,16,18). The van der Waals surface area contributed by atoms with Gasteiger partial charge in [0.25, 0.3) is 0 Å². The van der Waals surface area contributed by atoms with Gasteiger partial charge in [0.05, 0.1) is 16.6 Å². The summed E-state index contributed by atoms with van der Waals surface area (Å²) in [4.78, 5) is 23.2. The first-order valence-electron chi connectivity index (χ1n) is 5.57. The molecule has 1 aromatic carbocycles. The molecule has 0 aliphatic heterocycles. The molecule has 1 rings (SSSR count).